The van der Waals surface area contributed by atoms with E-state index in [1.807, 2.05) is 0 Å². The fourth-order valence-corrected chi connectivity index (χ4v) is 4.22. The number of ether oxygens (including phenoxy) is 2. The number of hydrogen-bond donors (Lipinski definition) is 0. The number of carbonyl (C=O) groups is 3. The lowest BCUT2D eigenvalue weighted by Crippen LogP contribution is -2.31. The quantitative estimate of drug-likeness (QED) is 0.260. The highest BCUT2D eigenvalue weighted by Crippen LogP contribution is 2.34. The molecule has 3 heterocycles. The molecule has 1 aliphatic heterocycles. The second-order valence-corrected chi connectivity index (χ2v) is 8.37. The molecule has 35 heavy (non-hydrogen) atoms. The van der Waals surface area contributed by atoms with Gasteiger partial charge in [-0.2, -0.15) is 0 Å². The number of allylic oxidation sites excluding steroid dienone is 1. The van der Waals surface area contributed by atoms with Crippen LogP contribution in [0, 0.1) is 0 Å². The average Bonchev–Trinajstić information content (AvgIpc) is 3.50. The van der Waals surface area contributed by atoms with Gasteiger partial charge in [-0.3, -0.25) is 9.59 Å². The Hall–Kier alpha value is -4.25. The smallest absolute Gasteiger partial charge is 0.337 e. The van der Waals surface area contributed by atoms with Crippen molar-refractivity contribution in [2.24, 2.45) is 0 Å². The molecule has 0 radical (unpaired) electrons. The van der Waals surface area contributed by atoms with Crippen LogP contribution in [0.4, 0.5) is 5.69 Å². The van der Waals surface area contributed by atoms with Crippen LogP contribution in [0.5, 0.6) is 0 Å². The second-order valence-electron chi connectivity index (χ2n) is 7.20. The molecule has 2 amide bonds. The van der Waals surface area contributed by atoms with Gasteiger partial charge in [-0.15, -0.1) is 10.2 Å². The number of carbonyl (C=O) groups excluding carboxylic acids is 3. The molecule has 0 saturated carbocycles. The predicted molar refractivity (Wildman–Crippen MR) is 127 cm³/mol. The molecular weight excluding hydrogens is 472 g/mol. The van der Waals surface area contributed by atoms with E-state index in [0.29, 0.717) is 28.4 Å². The van der Waals surface area contributed by atoms with Crippen molar-refractivity contribution in [2.75, 3.05) is 12.0 Å². The number of anilines is 1. The number of rotatable bonds is 8. The molecule has 3 aromatic rings. The first-order chi connectivity index (χ1) is 16.9. The van der Waals surface area contributed by atoms with E-state index in [1.165, 1.54) is 43.9 Å². The van der Waals surface area contributed by atoms with Gasteiger partial charge in [-0.05, 0) is 43.3 Å². The topological polar surface area (TPSA) is 125 Å². The minimum absolute atomic E-state index is 0.0447. The van der Waals surface area contributed by atoms with Crippen LogP contribution in [-0.2, 0) is 19.1 Å². The maximum absolute atomic E-state index is 13.1. The van der Waals surface area contributed by atoms with E-state index < -0.39 is 17.1 Å². The Bertz CT molecular complexity index is 1300. The van der Waals surface area contributed by atoms with Crippen molar-refractivity contribution in [3.05, 3.63) is 72.8 Å². The third-order valence-corrected chi connectivity index (χ3v) is 5.97. The second kappa shape index (κ2) is 10.3. The Labute approximate surface area is 204 Å². The summed E-state index contributed by atoms with van der Waals surface area (Å²) in [6, 6.07) is 9.43. The monoisotopic (exact) mass is 492 g/mol. The minimum atomic E-state index is -0.753. The van der Waals surface area contributed by atoms with Crippen molar-refractivity contribution in [1.82, 2.24) is 15.2 Å². The van der Waals surface area contributed by atoms with Gasteiger partial charge in [-0.25, -0.2) is 14.7 Å². The van der Waals surface area contributed by atoms with E-state index in [1.54, 1.807) is 25.1 Å². The molecule has 11 heteroatoms. The number of imide groups is 1. The molecule has 1 unspecified atom stereocenters. The molecule has 1 fully saturated rings. The number of thioether (sulfide) groups is 1. The van der Waals surface area contributed by atoms with Crippen molar-refractivity contribution < 1.29 is 28.3 Å². The summed E-state index contributed by atoms with van der Waals surface area (Å²) in [6.07, 6.45) is 4.59. The largest absolute Gasteiger partial charge is 0.465 e. The van der Waals surface area contributed by atoms with E-state index in [4.69, 9.17) is 9.15 Å². The first-order valence-corrected chi connectivity index (χ1v) is 11.3. The first-order valence-electron chi connectivity index (χ1n) is 10.4. The molecule has 0 spiro atoms. The highest BCUT2D eigenvalue weighted by molar-refractivity contribution is 8.00. The van der Waals surface area contributed by atoms with Gasteiger partial charge in [0.2, 0.25) is 17.0 Å². The molecule has 1 atom stereocenters. The van der Waals surface area contributed by atoms with Crippen molar-refractivity contribution in [2.45, 2.75) is 23.8 Å². The Morgan fingerprint density at radius 3 is 2.66 bits per heavy atom. The van der Waals surface area contributed by atoms with E-state index in [9.17, 15) is 14.4 Å². The van der Waals surface area contributed by atoms with Crippen molar-refractivity contribution in [3.63, 3.8) is 0 Å². The zero-order valence-corrected chi connectivity index (χ0v) is 19.7. The lowest BCUT2D eigenvalue weighted by Gasteiger charge is -2.15. The number of hydrogen-bond acceptors (Lipinski definition) is 10. The summed E-state index contributed by atoms with van der Waals surface area (Å²) in [5.41, 5.74) is 1.29. The van der Waals surface area contributed by atoms with Crippen LogP contribution < -0.4 is 4.90 Å². The van der Waals surface area contributed by atoms with Crippen LogP contribution in [-0.4, -0.2) is 45.3 Å². The predicted octanol–water partition coefficient (Wildman–Crippen LogP) is 3.86. The number of benzene rings is 1. The van der Waals surface area contributed by atoms with Gasteiger partial charge in [0.25, 0.3) is 0 Å². The van der Waals surface area contributed by atoms with Crippen LogP contribution in [0.25, 0.3) is 17.2 Å². The third-order valence-electron chi connectivity index (χ3n) is 4.93. The fourth-order valence-electron chi connectivity index (χ4n) is 3.30. The molecule has 0 bridgehead atoms. The number of aromatic nitrogens is 3. The summed E-state index contributed by atoms with van der Waals surface area (Å²) in [4.78, 5) is 42.9. The lowest BCUT2D eigenvalue weighted by molar-refractivity contribution is -0.121. The van der Waals surface area contributed by atoms with Crippen LogP contribution >= 0.6 is 11.8 Å². The zero-order valence-electron chi connectivity index (χ0n) is 18.8. The van der Waals surface area contributed by atoms with Crippen molar-refractivity contribution in [3.8, 4) is 11.5 Å². The van der Waals surface area contributed by atoms with Gasteiger partial charge >= 0.3 is 5.97 Å². The van der Waals surface area contributed by atoms with Crippen LogP contribution in [0.3, 0.4) is 0 Å². The maximum Gasteiger partial charge on any atom is 0.337 e. The standard InChI is InChI=1S/C24H20N4O6S/c1-4-11-33-14(2)20-21(17-6-5-12-34-17)26-27-24(25-20)35-18-13-19(29)28(22(18)30)16-9-7-15(8-10-16)23(31)32-3/h4-12,18H,2,13H2,1,3H3/b11-4-. The van der Waals surface area contributed by atoms with E-state index >= 15 is 0 Å². The van der Waals surface area contributed by atoms with E-state index in [-0.39, 0.29) is 23.2 Å². The summed E-state index contributed by atoms with van der Waals surface area (Å²) < 4.78 is 15.6. The van der Waals surface area contributed by atoms with E-state index in [0.717, 1.165) is 16.7 Å². The molecular formula is C24H20N4O6S. The Morgan fingerprint density at radius 1 is 1.23 bits per heavy atom. The number of esters is 1. The Kier molecular flexibility index (Phi) is 7.06. The Balaban J connectivity index is 1.57. The molecule has 1 aliphatic rings. The van der Waals surface area contributed by atoms with Gasteiger partial charge in [0.1, 0.15) is 16.7 Å². The maximum atomic E-state index is 13.1. The third kappa shape index (κ3) is 4.99. The minimum Gasteiger partial charge on any atom is -0.465 e. The normalized spacial score (nSPS) is 15.6. The highest BCUT2D eigenvalue weighted by atomic mass is 32.2. The highest BCUT2D eigenvalue weighted by Gasteiger charge is 2.41. The first kappa shape index (κ1) is 23.9. The Morgan fingerprint density at radius 2 is 2.00 bits per heavy atom. The van der Waals surface area contributed by atoms with Crippen molar-refractivity contribution >= 4 is 41.0 Å². The number of amides is 2. The molecule has 4 rings (SSSR count). The van der Waals surface area contributed by atoms with Gasteiger partial charge in [0.05, 0.1) is 30.9 Å². The SMILES string of the molecule is C=C(O/C=C\C)c1nc(SC2CC(=O)N(c3ccc(C(=O)OC)cc3)C2=O)nnc1-c1ccco1. The number of furan rings is 1. The summed E-state index contributed by atoms with van der Waals surface area (Å²) >= 11 is 1.02. The molecule has 2 aromatic heterocycles. The van der Waals surface area contributed by atoms with Crippen molar-refractivity contribution in [1.29, 1.82) is 0 Å². The molecule has 0 aliphatic carbocycles. The molecule has 1 aromatic carbocycles. The van der Waals surface area contributed by atoms with E-state index in [2.05, 4.69) is 26.5 Å². The lowest BCUT2D eigenvalue weighted by atomic mass is 10.2. The molecule has 10 nitrogen and oxygen atoms in total. The summed E-state index contributed by atoms with van der Waals surface area (Å²) in [5.74, 6) is -0.667. The zero-order chi connectivity index (χ0) is 24.9. The molecule has 0 N–H and O–H groups in total. The molecule has 178 valence electrons. The summed E-state index contributed by atoms with van der Waals surface area (Å²) in [5, 5.41) is 7.74. The van der Waals surface area contributed by atoms with Crippen LogP contribution in [0.15, 0.2) is 71.2 Å². The van der Waals surface area contributed by atoms with Gasteiger partial charge in [0, 0.05) is 6.42 Å². The fraction of sp³-hybridized carbons (Fsp3) is 0.167. The van der Waals surface area contributed by atoms with Gasteiger partial charge in [-0.1, -0.05) is 24.4 Å². The average molecular weight is 493 g/mol. The van der Waals surface area contributed by atoms with Crippen LogP contribution in [0.1, 0.15) is 29.4 Å². The summed E-state index contributed by atoms with van der Waals surface area (Å²) in [6.45, 7) is 5.68. The van der Waals surface area contributed by atoms with Gasteiger partial charge in [0.15, 0.2) is 11.5 Å². The number of methoxy groups -OCH3 is 1. The molecule has 1 saturated heterocycles. The van der Waals surface area contributed by atoms with Crippen LogP contribution in [0.2, 0.25) is 0 Å². The number of nitrogens with zero attached hydrogens (tertiary/aromatic N) is 4. The van der Waals surface area contributed by atoms with Gasteiger partial charge < -0.3 is 13.9 Å². The summed E-state index contributed by atoms with van der Waals surface area (Å²) in [7, 11) is 1.27.